The third-order valence-electron chi connectivity index (χ3n) is 2.91. The van der Waals surface area contributed by atoms with Crippen LogP contribution >= 0.6 is 11.8 Å². The van der Waals surface area contributed by atoms with Crippen molar-refractivity contribution >= 4 is 17.6 Å². The van der Waals surface area contributed by atoms with Gasteiger partial charge in [0.05, 0.1) is 5.56 Å². The van der Waals surface area contributed by atoms with Gasteiger partial charge in [0.1, 0.15) is 5.82 Å². The minimum absolute atomic E-state index is 0.0383. The van der Waals surface area contributed by atoms with Crippen LogP contribution in [-0.4, -0.2) is 30.8 Å². The van der Waals surface area contributed by atoms with Gasteiger partial charge in [0.25, 0.3) is 0 Å². The third kappa shape index (κ3) is 2.60. The first-order valence-corrected chi connectivity index (χ1v) is 6.75. The van der Waals surface area contributed by atoms with E-state index >= 15 is 0 Å². The Hall–Kier alpha value is -2.09. The Kier molecular flexibility index (Phi) is 3.93. The Morgan fingerprint density at radius 2 is 2.05 bits per heavy atom. The number of hydrogen-bond donors (Lipinski definition) is 2. The van der Waals surface area contributed by atoms with E-state index in [1.165, 1.54) is 11.8 Å². The van der Waals surface area contributed by atoms with Crippen molar-refractivity contribution in [2.45, 2.75) is 30.8 Å². The van der Waals surface area contributed by atoms with Crippen molar-refractivity contribution in [3.05, 3.63) is 28.8 Å². The van der Waals surface area contributed by atoms with Crippen LogP contribution in [0, 0.1) is 20.8 Å². The predicted octanol–water partition coefficient (Wildman–Crippen LogP) is 1.38. The van der Waals surface area contributed by atoms with Crippen LogP contribution in [0.3, 0.4) is 0 Å². The number of rotatable bonds is 3. The molecule has 0 aliphatic carbocycles. The molecular formula is C12H16N6OS. The summed E-state index contributed by atoms with van der Waals surface area (Å²) < 4.78 is 1.88. The van der Waals surface area contributed by atoms with Gasteiger partial charge in [-0.3, -0.25) is 4.98 Å². The zero-order valence-electron chi connectivity index (χ0n) is 11.7. The fourth-order valence-electron chi connectivity index (χ4n) is 1.81. The van der Waals surface area contributed by atoms with Crippen LogP contribution in [0.25, 0.3) is 0 Å². The number of nitrogens with two attached hydrogens (primary N) is 1. The smallest absolute Gasteiger partial charge is 0.195 e. The monoisotopic (exact) mass is 292 g/mol. The normalized spacial score (nSPS) is 11.9. The van der Waals surface area contributed by atoms with Gasteiger partial charge in [-0.15, -0.1) is 10.2 Å². The fourth-order valence-corrected chi connectivity index (χ4v) is 2.94. The average molecular weight is 292 g/mol. The van der Waals surface area contributed by atoms with Gasteiger partial charge < -0.3 is 15.5 Å². The number of amidine groups is 1. The minimum atomic E-state index is 0.0383. The maximum absolute atomic E-state index is 8.92. The van der Waals surface area contributed by atoms with Crippen molar-refractivity contribution in [2.75, 3.05) is 0 Å². The van der Waals surface area contributed by atoms with E-state index in [-0.39, 0.29) is 5.84 Å². The Labute approximate surface area is 120 Å². The molecule has 0 atom stereocenters. The molecule has 0 spiro atoms. The van der Waals surface area contributed by atoms with E-state index in [1.807, 2.05) is 38.5 Å². The van der Waals surface area contributed by atoms with Crippen molar-refractivity contribution in [3.63, 3.8) is 0 Å². The summed E-state index contributed by atoms with van der Waals surface area (Å²) in [7, 11) is 1.89. The highest BCUT2D eigenvalue weighted by Crippen LogP contribution is 2.30. The number of aryl methyl sites for hydroxylation is 3. The van der Waals surface area contributed by atoms with Crippen molar-refractivity contribution in [1.82, 2.24) is 19.7 Å². The largest absolute Gasteiger partial charge is 0.409 e. The quantitative estimate of drug-likeness (QED) is 0.383. The first-order chi connectivity index (χ1) is 9.43. The molecule has 0 amide bonds. The summed E-state index contributed by atoms with van der Waals surface area (Å²) in [5.74, 6) is 0.858. The van der Waals surface area contributed by atoms with Gasteiger partial charge in [-0.2, -0.15) is 0 Å². The Bertz CT molecular complexity index is 679. The molecule has 0 aromatic carbocycles. The Morgan fingerprint density at radius 1 is 1.35 bits per heavy atom. The molecule has 0 aliphatic rings. The molecule has 7 nitrogen and oxygen atoms in total. The van der Waals surface area contributed by atoms with Gasteiger partial charge in [-0.05, 0) is 38.6 Å². The minimum Gasteiger partial charge on any atom is -0.409 e. The fraction of sp³-hybridized carbons (Fsp3) is 0.333. The maximum atomic E-state index is 8.92. The lowest BCUT2D eigenvalue weighted by molar-refractivity contribution is 0.318. The summed E-state index contributed by atoms with van der Waals surface area (Å²) in [4.78, 5) is 5.18. The van der Waals surface area contributed by atoms with Gasteiger partial charge in [0.2, 0.25) is 0 Å². The van der Waals surface area contributed by atoms with Gasteiger partial charge in [0.15, 0.2) is 11.0 Å². The number of aromatic nitrogens is 4. The number of pyridine rings is 1. The van der Waals surface area contributed by atoms with Crippen LogP contribution in [0.2, 0.25) is 0 Å². The van der Waals surface area contributed by atoms with E-state index in [0.29, 0.717) is 11.3 Å². The molecule has 8 heteroatoms. The lowest BCUT2D eigenvalue weighted by Gasteiger charge is -2.11. The second-order valence-corrected chi connectivity index (χ2v) is 5.41. The van der Waals surface area contributed by atoms with E-state index < -0.39 is 0 Å². The standard InChI is InChI=1S/C12H16N6OS/c1-6-5-9(10(7(2)14-6)11(13)17-19)20-12-16-15-8(3)18(12)4/h5,19H,1-4H3,(H2,13,17). The highest BCUT2D eigenvalue weighted by atomic mass is 32.2. The third-order valence-corrected chi connectivity index (χ3v) is 3.99. The summed E-state index contributed by atoms with van der Waals surface area (Å²) in [5.41, 5.74) is 7.93. The van der Waals surface area contributed by atoms with Crippen LogP contribution in [0.15, 0.2) is 21.3 Å². The van der Waals surface area contributed by atoms with Crippen LogP contribution in [0.1, 0.15) is 22.8 Å². The maximum Gasteiger partial charge on any atom is 0.195 e. The lowest BCUT2D eigenvalue weighted by Crippen LogP contribution is -2.17. The zero-order valence-corrected chi connectivity index (χ0v) is 12.6. The van der Waals surface area contributed by atoms with Crippen LogP contribution in [0.5, 0.6) is 0 Å². The first-order valence-electron chi connectivity index (χ1n) is 5.94. The molecule has 2 heterocycles. The van der Waals surface area contributed by atoms with E-state index in [0.717, 1.165) is 21.6 Å². The average Bonchev–Trinajstić information content (AvgIpc) is 2.69. The van der Waals surface area contributed by atoms with Crippen LogP contribution in [-0.2, 0) is 7.05 Å². The molecule has 2 aromatic rings. The topological polar surface area (TPSA) is 102 Å². The summed E-state index contributed by atoms with van der Waals surface area (Å²) in [6, 6.07) is 1.88. The van der Waals surface area contributed by atoms with Crippen molar-refractivity contribution < 1.29 is 5.21 Å². The van der Waals surface area contributed by atoms with Crippen molar-refractivity contribution in [3.8, 4) is 0 Å². The summed E-state index contributed by atoms with van der Waals surface area (Å²) in [6.45, 7) is 5.60. The highest BCUT2D eigenvalue weighted by molar-refractivity contribution is 7.99. The molecule has 3 N–H and O–H groups in total. The second-order valence-electron chi connectivity index (χ2n) is 4.40. The molecule has 106 valence electrons. The van der Waals surface area contributed by atoms with Gasteiger partial charge >= 0.3 is 0 Å². The molecule has 20 heavy (non-hydrogen) atoms. The van der Waals surface area contributed by atoms with Crippen LogP contribution < -0.4 is 5.73 Å². The summed E-state index contributed by atoms with van der Waals surface area (Å²) in [6.07, 6.45) is 0. The molecule has 0 radical (unpaired) electrons. The Balaban J connectivity index is 2.53. The molecule has 0 saturated heterocycles. The van der Waals surface area contributed by atoms with Gasteiger partial charge in [0, 0.05) is 23.3 Å². The molecular weight excluding hydrogens is 276 g/mol. The summed E-state index contributed by atoms with van der Waals surface area (Å²) >= 11 is 1.41. The molecule has 0 aliphatic heterocycles. The van der Waals surface area contributed by atoms with E-state index in [2.05, 4.69) is 20.3 Å². The van der Waals surface area contributed by atoms with Crippen molar-refractivity contribution in [1.29, 1.82) is 0 Å². The van der Waals surface area contributed by atoms with E-state index in [1.54, 1.807) is 0 Å². The molecule has 0 unspecified atom stereocenters. The number of nitrogens with zero attached hydrogens (tertiary/aromatic N) is 5. The predicted molar refractivity (Wildman–Crippen MR) is 76.1 cm³/mol. The van der Waals surface area contributed by atoms with E-state index in [9.17, 15) is 0 Å². The van der Waals surface area contributed by atoms with E-state index in [4.69, 9.17) is 10.9 Å². The molecule has 2 aromatic heterocycles. The lowest BCUT2D eigenvalue weighted by atomic mass is 10.1. The number of hydrogen-bond acceptors (Lipinski definition) is 6. The second kappa shape index (κ2) is 5.49. The summed E-state index contributed by atoms with van der Waals surface area (Å²) in [5, 5.41) is 20.9. The SMILES string of the molecule is Cc1cc(Sc2nnc(C)n2C)c(/C(N)=N/O)c(C)n1. The molecule has 2 rings (SSSR count). The Morgan fingerprint density at radius 3 is 2.60 bits per heavy atom. The zero-order chi connectivity index (χ0) is 14.9. The first kappa shape index (κ1) is 14.3. The highest BCUT2D eigenvalue weighted by Gasteiger charge is 2.16. The van der Waals surface area contributed by atoms with Gasteiger partial charge in [-0.1, -0.05) is 5.16 Å². The molecule has 0 fully saturated rings. The van der Waals surface area contributed by atoms with Gasteiger partial charge in [-0.25, -0.2) is 0 Å². The number of oxime groups is 1. The molecule has 0 bridgehead atoms. The molecule has 0 saturated carbocycles. The van der Waals surface area contributed by atoms with Crippen molar-refractivity contribution in [2.24, 2.45) is 17.9 Å². The van der Waals surface area contributed by atoms with Crippen LogP contribution in [0.4, 0.5) is 0 Å².